The van der Waals surface area contributed by atoms with Gasteiger partial charge in [0.1, 0.15) is 5.82 Å². The number of anilines is 2. The molecule has 0 aliphatic carbocycles. The van der Waals surface area contributed by atoms with Gasteiger partial charge in [0, 0.05) is 29.4 Å². The van der Waals surface area contributed by atoms with Crippen LogP contribution in [0.3, 0.4) is 0 Å². The van der Waals surface area contributed by atoms with Crippen LogP contribution in [0.1, 0.15) is 36.5 Å². The highest BCUT2D eigenvalue weighted by atomic mass is 35.5. The average molecular weight is 410 g/mol. The zero-order valence-corrected chi connectivity index (χ0v) is 17.2. The Morgan fingerprint density at radius 1 is 1.07 bits per heavy atom. The number of hydrogen-bond acceptors (Lipinski definition) is 3. The van der Waals surface area contributed by atoms with E-state index in [0.717, 1.165) is 48.7 Å². The third-order valence-corrected chi connectivity index (χ3v) is 5.42. The van der Waals surface area contributed by atoms with E-state index in [4.69, 9.17) is 11.6 Å². The van der Waals surface area contributed by atoms with Crippen LogP contribution in [0.15, 0.2) is 48.5 Å². The first-order valence-electron chi connectivity index (χ1n) is 9.92. The van der Waals surface area contributed by atoms with Crippen LogP contribution < -0.4 is 10.2 Å². The number of carbonyl (C=O) groups excluding carboxylic acids is 1. The summed E-state index contributed by atoms with van der Waals surface area (Å²) in [5.41, 5.74) is 2.65. The largest absolute Gasteiger partial charge is 0.326 e. The third kappa shape index (κ3) is 4.59. The van der Waals surface area contributed by atoms with Crippen molar-refractivity contribution >= 4 is 29.0 Å². The number of rotatable bonds is 4. The van der Waals surface area contributed by atoms with Crippen LogP contribution >= 0.6 is 11.6 Å². The Kier molecular flexibility index (Phi) is 5.81. The fourth-order valence-corrected chi connectivity index (χ4v) is 3.66. The molecule has 0 atom stereocenters. The first-order chi connectivity index (χ1) is 14.1. The van der Waals surface area contributed by atoms with Gasteiger partial charge in [-0.05, 0) is 56.2 Å². The van der Waals surface area contributed by atoms with E-state index in [-0.39, 0.29) is 6.03 Å². The van der Waals surface area contributed by atoms with E-state index in [9.17, 15) is 4.79 Å². The second-order valence-electron chi connectivity index (χ2n) is 7.35. The Hall–Kier alpha value is -2.86. The van der Waals surface area contributed by atoms with E-state index in [1.165, 1.54) is 6.42 Å². The van der Waals surface area contributed by atoms with Gasteiger partial charge >= 0.3 is 6.03 Å². The van der Waals surface area contributed by atoms with Gasteiger partial charge in [-0.1, -0.05) is 35.7 Å². The van der Waals surface area contributed by atoms with Crippen LogP contribution in [0.2, 0.25) is 5.02 Å². The lowest BCUT2D eigenvalue weighted by molar-refractivity contribution is 0.256. The Morgan fingerprint density at radius 3 is 2.59 bits per heavy atom. The Balaban J connectivity index is 1.62. The quantitative estimate of drug-likeness (QED) is 0.643. The molecule has 0 unspecified atom stereocenters. The highest BCUT2D eigenvalue weighted by molar-refractivity contribution is 6.30. The normalized spacial score (nSPS) is 13.4. The number of nitrogens with one attached hydrogen (secondary N) is 1. The van der Waals surface area contributed by atoms with Crippen molar-refractivity contribution in [3.8, 4) is 0 Å². The summed E-state index contributed by atoms with van der Waals surface area (Å²) in [6, 6.07) is 14.8. The maximum Gasteiger partial charge on any atom is 0.326 e. The first kappa shape index (κ1) is 19.5. The molecule has 2 heterocycles. The molecule has 0 bridgehead atoms. The number of urea groups is 1. The lowest BCUT2D eigenvalue weighted by atomic mass is 10.2. The molecule has 0 saturated heterocycles. The van der Waals surface area contributed by atoms with Crippen molar-refractivity contribution in [2.24, 2.45) is 0 Å². The lowest BCUT2D eigenvalue weighted by Crippen LogP contribution is -2.35. The van der Waals surface area contributed by atoms with Crippen LogP contribution in [0.4, 0.5) is 16.2 Å². The van der Waals surface area contributed by atoms with Crippen LogP contribution in [-0.2, 0) is 19.5 Å². The number of fused-ring (bicyclic) bond motifs is 1. The molecule has 0 radical (unpaired) electrons. The van der Waals surface area contributed by atoms with Crippen molar-refractivity contribution in [3.63, 3.8) is 0 Å². The van der Waals surface area contributed by atoms with Crippen molar-refractivity contribution in [2.45, 2.75) is 45.7 Å². The number of benzene rings is 2. The smallest absolute Gasteiger partial charge is 0.313 e. The van der Waals surface area contributed by atoms with Crippen LogP contribution in [0.25, 0.3) is 0 Å². The number of amides is 2. The van der Waals surface area contributed by atoms with Crippen molar-refractivity contribution in [1.29, 1.82) is 0 Å². The molecule has 1 aliphatic rings. The van der Waals surface area contributed by atoms with Crippen molar-refractivity contribution < 1.29 is 4.79 Å². The molecule has 29 heavy (non-hydrogen) atoms. The number of carbonyl (C=O) groups is 1. The molecule has 1 N–H and O–H groups in total. The summed E-state index contributed by atoms with van der Waals surface area (Å²) in [4.78, 5) is 14.9. The van der Waals surface area contributed by atoms with Crippen molar-refractivity contribution in [3.05, 3.63) is 70.8 Å². The van der Waals surface area contributed by atoms with Crippen LogP contribution in [0, 0.1) is 6.92 Å². The molecule has 150 valence electrons. The molecule has 0 saturated carbocycles. The maximum atomic E-state index is 13.2. The lowest BCUT2D eigenvalue weighted by Gasteiger charge is -2.23. The SMILES string of the molecule is Cc1ccc(N(Cc2nnc3n2CCCCC3)C(=O)Nc2ccc(Cl)cc2)cc1. The molecule has 7 heteroatoms. The third-order valence-electron chi connectivity index (χ3n) is 5.17. The molecule has 2 aromatic carbocycles. The fraction of sp³-hybridized carbons (Fsp3) is 0.318. The first-order valence-corrected chi connectivity index (χ1v) is 10.3. The standard InChI is InChI=1S/C22H24ClN5O/c1-16-6-12-19(13-7-16)28(22(29)24-18-10-8-17(23)9-11-18)15-21-26-25-20-5-3-2-4-14-27(20)21/h6-13H,2-5,14-15H2,1H3,(H,24,29). The minimum Gasteiger partial charge on any atom is -0.313 e. The van der Waals surface area contributed by atoms with Crippen molar-refractivity contribution in [1.82, 2.24) is 14.8 Å². The zero-order chi connectivity index (χ0) is 20.2. The predicted octanol–water partition coefficient (Wildman–Crippen LogP) is 5.21. The second kappa shape index (κ2) is 8.66. The average Bonchev–Trinajstić information content (AvgIpc) is 2.94. The van der Waals surface area contributed by atoms with Gasteiger partial charge in [0.2, 0.25) is 0 Å². The van der Waals surface area contributed by atoms with E-state index in [2.05, 4.69) is 20.1 Å². The van der Waals surface area contributed by atoms with Gasteiger partial charge in [-0.15, -0.1) is 10.2 Å². The van der Waals surface area contributed by atoms with Gasteiger partial charge in [0.15, 0.2) is 5.82 Å². The molecule has 1 aromatic heterocycles. The summed E-state index contributed by atoms with van der Waals surface area (Å²) in [6.07, 6.45) is 4.38. The molecular weight excluding hydrogens is 386 g/mol. The topological polar surface area (TPSA) is 63.1 Å². The number of aromatic nitrogens is 3. The maximum absolute atomic E-state index is 13.2. The Morgan fingerprint density at radius 2 is 1.83 bits per heavy atom. The van der Waals surface area contributed by atoms with E-state index in [1.807, 2.05) is 31.2 Å². The van der Waals surface area contributed by atoms with Gasteiger partial charge in [-0.3, -0.25) is 4.90 Å². The minimum atomic E-state index is -0.220. The van der Waals surface area contributed by atoms with Crippen LogP contribution in [0.5, 0.6) is 0 Å². The molecule has 3 aromatic rings. The molecular formula is C22H24ClN5O. The Labute approximate surface area is 175 Å². The van der Waals surface area contributed by atoms with Gasteiger partial charge in [-0.25, -0.2) is 4.79 Å². The van der Waals surface area contributed by atoms with Crippen molar-refractivity contribution in [2.75, 3.05) is 10.2 Å². The molecule has 2 amide bonds. The van der Waals surface area contributed by atoms with Gasteiger partial charge in [0.25, 0.3) is 0 Å². The zero-order valence-electron chi connectivity index (χ0n) is 16.4. The summed E-state index contributed by atoms with van der Waals surface area (Å²) in [5.74, 6) is 1.83. The van der Waals surface area contributed by atoms with Gasteiger partial charge in [0.05, 0.1) is 6.54 Å². The summed E-state index contributed by atoms with van der Waals surface area (Å²) in [7, 11) is 0. The fourth-order valence-electron chi connectivity index (χ4n) is 3.53. The van der Waals surface area contributed by atoms with Gasteiger partial charge in [-0.2, -0.15) is 0 Å². The number of aryl methyl sites for hydroxylation is 2. The summed E-state index contributed by atoms with van der Waals surface area (Å²) in [5, 5.41) is 12.4. The van der Waals surface area contributed by atoms with Gasteiger partial charge < -0.3 is 9.88 Å². The number of hydrogen-bond donors (Lipinski definition) is 1. The second-order valence-corrected chi connectivity index (χ2v) is 7.79. The summed E-state index contributed by atoms with van der Waals surface area (Å²) >= 11 is 5.96. The predicted molar refractivity (Wildman–Crippen MR) is 115 cm³/mol. The van der Waals surface area contributed by atoms with E-state index in [0.29, 0.717) is 17.3 Å². The van der Waals surface area contributed by atoms with Crippen LogP contribution in [-0.4, -0.2) is 20.8 Å². The minimum absolute atomic E-state index is 0.220. The summed E-state index contributed by atoms with van der Waals surface area (Å²) < 4.78 is 2.17. The molecule has 6 nitrogen and oxygen atoms in total. The molecule has 4 rings (SSSR count). The van der Waals surface area contributed by atoms with E-state index in [1.54, 1.807) is 29.2 Å². The Bertz CT molecular complexity index is 981. The van der Waals surface area contributed by atoms with E-state index < -0.39 is 0 Å². The number of halogens is 1. The summed E-state index contributed by atoms with van der Waals surface area (Å²) in [6.45, 7) is 3.29. The molecule has 1 aliphatic heterocycles. The number of nitrogens with zero attached hydrogens (tertiary/aromatic N) is 4. The van der Waals surface area contributed by atoms with E-state index >= 15 is 0 Å². The molecule has 0 spiro atoms. The highest BCUT2D eigenvalue weighted by Crippen LogP contribution is 2.22. The highest BCUT2D eigenvalue weighted by Gasteiger charge is 2.22. The monoisotopic (exact) mass is 409 g/mol. The molecule has 0 fully saturated rings.